The van der Waals surface area contributed by atoms with E-state index in [1.165, 1.54) is 39.5 Å². The van der Waals surface area contributed by atoms with E-state index in [0.717, 1.165) is 40.3 Å². The molecule has 2 aromatic carbocycles. The van der Waals surface area contributed by atoms with E-state index >= 15 is 0 Å². The number of benzene rings is 2. The van der Waals surface area contributed by atoms with Crippen LogP contribution in [0.3, 0.4) is 0 Å². The summed E-state index contributed by atoms with van der Waals surface area (Å²) in [5, 5.41) is 9.02. The smallest absolute Gasteiger partial charge is 0.303 e. The molecular formula is C34H39N2O2S2+. The highest BCUT2D eigenvalue weighted by Crippen LogP contribution is 2.50. The molecule has 0 amide bonds. The second-order valence-electron chi connectivity index (χ2n) is 12.3. The molecule has 0 saturated heterocycles. The van der Waals surface area contributed by atoms with Crippen LogP contribution in [0.15, 0.2) is 76.4 Å². The van der Waals surface area contributed by atoms with Crippen LogP contribution in [0.2, 0.25) is 0 Å². The quantitative estimate of drug-likeness (QED) is 0.111. The minimum atomic E-state index is -0.728. The number of carboxylic acid groups (broad SMARTS) is 1. The van der Waals surface area contributed by atoms with Crippen LogP contribution in [-0.4, -0.2) is 39.8 Å². The number of hydrogen-bond acceptors (Lipinski definition) is 4. The zero-order valence-corrected chi connectivity index (χ0v) is 26.0. The minimum Gasteiger partial charge on any atom is -0.481 e. The molecule has 4 nitrogen and oxygen atoms in total. The van der Waals surface area contributed by atoms with Crippen molar-refractivity contribution in [2.45, 2.75) is 71.1 Å². The average Bonchev–Trinajstić information content (AvgIpc) is 3.23. The molecule has 0 radical (unpaired) electrons. The summed E-state index contributed by atoms with van der Waals surface area (Å²) in [7, 11) is 2.13. The van der Waals surface area contributed by atoms with Crippen molar-refractivity contribution in [3.63, 3.8) is 0 Å². The zero-order valence-electron chi connectivity index (χ0n) is 24.3. The van der Waals surface area contributed by atoms with Gasteiger partial charge in [-0.05, 0) is 51.3 Å². The van der Waals surface area contributed by atoms with Gasteiger partial charge in [-0.3, -0.25) is 4.79 Å². The van der Waals surface area contributed by atoms with E-state index in [4.69, 9.17) is 30.0 Å². The van der Waals surface area contributed by atoms with Crippen LogP contribution in [-0.2, 0) is 15.6 Å². The molecule has 0 saturated carbocycles. The van der Waals surface area contributed by atoms with Crippen LogP contribution in [0.5, 0.6) is 0 Å². The number of aliphatic carboxylic acids is 1. The normalized spacial score (nSPS) is 20.9. The Hall–Kier alpha value is -2.96. The number of unbranched alkanes of at least 4 members (excludes halogenated alkanes) is 2. The molecule has 0 fully saturated rings. The van der Waals surface area contributed by atoms with Crippen LogP contribution in [0.1, 0.15) is 70.1 Å². The summed E-state index contributed by atoms with van der Waals surface area (Å²) >= 11 is 11.0. The second-order valence-corrected chi connectivity index (χ2v) is 13.1. The van der Waals surface area contributed by atoms with Gasteiger partial charge in [-0.1, -0.05) is 68.4 Å². The Morgan fingerprint density at radius 2 is 1.75 bits per heavy atom. The standard InChI is InChI=1S/C34H38N2O2S2/c1-21-15-16-27-25(18-21)34(4,5)29(36(27)17-11-7-8-14-30(37)38)20-23-31(39)22(32(23)40)19-28-33(2,3)24-12-9-10-13-26(24)35(28)6/h9-10,12-13,15-16,18-20H,7-8,11,14,17H2,1-6H3,(H-,37,38,39,40)/p+1. The van der Waals surface area contributed by atoms with Crippen molar-refractivity contribution in [2.75, 3.05) is 18.5 Å². The van der Waals surface area contributed by atoms with Crippen LogP contribution in [0.25, 0.3) is 0 Å². The number of thiocarbonyl (C=S) groups is 1. The predicted molar refractivity (Wildman–Crippen MR) is 173 cm³/mol. The first-order chi connectivity index (χ1) is 18.9. The third kappa shape index (κ3) is 4.69. The number of rotatable bonds is 8. The van der Waals surface area contributed by atoms with E-state index in [0.29, 0.717) is 6.42 Å². The number of carbonyl (C=O) groups is 1. The molecule has 2 heterocycles. The first kappa shape index (κ1) is 28.6. The lowest BCUT2D eigenvalue weighted by Crippen LogP contribution is -2.30. The van der Waals surface area contributed by atoms with Gasteiger partial charge in [0.15, 0.2) is 5.71 Å². The fourth-order valence-electron chi connectivity index (χ4n) is 6.46. The molecule has 0 aromatic heterocycles. The highest BCUT2D eigenvalue weighted by molar-refractivity contribution is 7.86. The highest BCUT2D eigenvalue weighted by Gasteiger charge is 2.45. The van der Waals surface area contributed by atoms with Crippen LogP contribution in [0.4, 0.5) is 11.4 Å². The first-order valence-electron chi connectivity index (χ1n) is 14.1. The molecule has 2 aromatic rings. The number of aryl methyl sites for hydroxylation is 1. The Morgan fingerprint density at radius 1 is 1.02 bits per heavy atom. The fraction of sp³-hybridized carbons (Fsp3) is 0.382. The number of nitrogens with zero attached hydrogens (tertiary/aromatic N) is 2. The third-order valence-corrected chi connectivity index (χ3v) is 9.74. The van der Waals surface area contributed by atoms with Crippen molar-refractivity contribution in [3.8, 4) is 0 Å². The summed E-state index contributed by atoms with van der Waals surface area (Å²) in [4.78, 5) is 15.2. The fourth-order valence-corrected chi connectivity index (χ4v) is 7.28. The summed E-state index contributed by atoms with van der Waals surface area (Å²) in [6, 6.07) is 15.3. The molecule has 0 atom stereocenters. The van der Waals surface area contributed by atoms with Gasteiger partial charge in [0.2, 0.25) is 5.69 Å². The number of carboxylic acids is 1. The van der Waals surface area contributed by atoms with Crippen molar-refractivity contribution in [1.29, 1.82) is 0 Å². The van der Waals surface area contributed by atoms with Gasteiger partial charge in [0, 0.05) is 63.5 Å². The molecule has 0 bridgehead atoms. The van der Waals surface area contributed by atoms with Crippen LogP contribution < -0.4 is 4.90 Å². The zero-order chi connectivity index (χ0) is 29.0. The summed E-state index contributed by atoms with van der Waals surface area (Å²) in [5.41, 5.74) is 10.5. The molecule has 0 spiro atoms. The predicted octanol–water partition coefficient (Wildman–Crippen LogP) is 7.82. The van der Waals surface area contributed by atoms with E-state index in [2.05, 4.69) is 106 Å². The topological polar surface area (TPSA) is 43.5 Å². The number of allylic oxidation sites excluding steroid dienone is 5. The third-order valence-electron chi connectivity index (χ3n) is 8.82. The van der Waals surface area contributed by atoms with Gasteiger partial charge in [0.25, 0.3) is 0 Å². The van der Waals surface area contributed by atoms with Crippen molar-refractivity contribution in [3.05, 3.63) is 93.1 Å². The van der Waals surface area contributed by atoms with Gasteiger partial charge >= 0.3 is 5.97 Å². The van der Waals surface area contributed by atoms with E-state index in [1.54, 1.807) is 0 Å². The Morgan fingerprint density at radius 3 is 2.42 bits per heavy atom. The number of para-hydroxylation sites is 1. The lowest BCUT2D eigenvalue weighted by Gasteiger charge is -2.31. The maximum absolute atomic E-state index is 11.0. The molecule has 0 unspecified atom stereocenters. The molecule has 1 aliphatic carbocycles. The monoisotopic (exact) mass is 571 g/mol. The minimum absolute atomic E-state index is 0.124. The molecule has 40 heavy (non-hydrogen) atoms. The number of fused-ring (bicyclic) bond motifs is 2. The number of hydrogen-bond donors (Lipinski definition) is 2. The number of anilines is 1. The average molecular weight is 572 g/mol. The Bertz CT molecular complexity index is 1560. The largest absolute Gasteiger partial charge is 0.481 e. The van der Waals surface area contributed by atoms with Gasteiger partial charge in [0.1, 0.15) is 7.05 Å². The van der Waals surface area contributed by atoms with Crippen LogP contribution in [0, 0.1) is 6.92 Å². The first-order valence-corrected chi connectivity index (χ1v) is 14.9. The lowest BCUT2D eigenvalue weighted by atomic mass is 9.78. The van der Waals surface area contributed by atoms with E-state index in [1.807, 2.05) is 0 Å². The maximum Gasteiger partial charge on any atom is 0.303 e. The van der Waals surface area contributed by atoms with Gasteiger partial charge in [-0.25, -0.2) is 0 Å². The van der Waals surface area contributed by atoms with Crippen molar-refractivity contribution in [2.24, 2.45) is 0 Å². The Kier molecular flexibility index (Phi) is 7.47. The van der Waals surface area contributed by atoms with Gasteiger partial charge in [-0.2, -0.15) is 4.58 Å². The number of thiol groups is 1. The second kappa shape index (κ2) is 10.5. The highest BCUT2D eigenvalue weighted by atomic mass is 32.1. The maximum atomic E-state index is 11.0. The molecule has 208 valence electrons. The molecule has 6 heteroatoms. The molecule has 5 rings (SSSR count). The van der Waals surface area contributed by atoms with Gasteiger partial charge in [0.05, 0.1) is 10.3 Å². The van der Waals surface area contributed by atoms with Crippen molar-refractivity contribution < 1.29 is 14.5 Å². The van der Waals surface area contributed by atoms with Crippen LogP contribution >= 0.6 is 24.8 Å². The Balaban J connectivity index is 1.49. The summed E-state index contributed by atoms with van der Waals surface area (Å²) in [6.07, 6.45) is 7.20. The van der Waals surface area contributed by atoms with Gasteiger partial charge in [-0.15, -0.1) is 12.6 Å². The summed E-state index contributed by atoms with van der Waals surface area (Å²) in [5.74, 6) is -0.728. The van der Waals surface area contributed by atoms with E-state index < -0.39 is 5.97 Å². The van der Waals surface area contributed by atoms with Crippen molar-refractivity contribution >= 4 is 52.8 Å². The van der Waals surface area contributed by atoms with Crippen molar-refractivity contribution in [1.82, 2.24) is 0 Å². The summed E-state index contributed by atoms with van der Waals surface area (Å²) in [6.45, 7) is 12.1. The lowest BCUT2D eigenvalue weighted by molar-refractivity contribution is -0.401. The SMILES string of the molecule is Cc1ccc2c(c1)C(C)(C)C(=CC1=C(S)C(=CC3=[N+](C)c4ccccc4C3(C)C)C1=S)N2CCCCCC(=O)O. The Labute approximate surface area is 249 Å². The van der Waals surface area contributed by atoms with E-state index in [-0.39, 0.29) is 17.3 Å². The molecule has 3 aliphatic rings. The molecule has 2 aliphatic heterocycles. The van der Waals surface area contributed by atoms with E-state index in [9.17, 15) is 4.79 Å². The molecular weight excluding hydrogens is 533 g/mol. The summed E-state index contributed by atoms with van der Waals surface area (Å²) < 4.78 is 2.27. The molecule has 1 N–H and O–H groups in total. The van der Waals surface area contributed by atoms with Gasteiger partial charge < -0.3 is 10.0 Å².